The molecule has 0 N–H and O–H groups in total. The van der Waals surface area contributed by atoms with Gasteiger partial charge >= 0.3 is 12.1 Å². The van der Waals surface area contributed by atoms with Gasteiger partial charge in [0, 0.05) is 23.3 Å². The second-order valence-corrected chi connectivity index (χ2v) is 9.28. The number of benzene rings is 4. The Kier molecular flexibility index (Phi) is 9.36. The highest BCUT2D eigenvalue weighted by molar-refractivity contribution is 5.92. The average Bonchev–Trinajstić information content (AvgIpc) is 2.90. The molecule has 13 heteroatoms. The Balaban J connectivity index is 1.57. The van der Waals surface area contributed by atoms with Gasteiger partial charge in [-0.15, -0.1) is 0 Å². The number of carbonyl (C=O) groups excluding carboxylic acids is 1. The van der Waals surface area contributed by atoms with Crippen LogP contribution in [0.2, 0.25) is 0 Å². The van der Waals surface area contributed by atoms with Crippen LogP contribution in [-0.2, 0) is 6.42 Å². The van der Waals surface area contributed by atoms with Crippen molar-refractivity contribution in [2.24, 2.45) is 0 Å². The van der Waals surface area contributed by atoms with Gasteiger partial charge in [-0.3, -0.25) is 0 Å². The SMILES string of the molecule is CCCc1ccc(-c2ccc(-c3cc(F)c(C(=O)Oc4cc(F)c(OC(F)(F)C=C(F)F)c(F)c4)c(F)c3)c(F)c2)c(F)c1. The van der Waals surface area contributed by atoms with Crippen LogP contribution in [0.15, 0.2) is 72.8 Å². The monoisotopic (exact) mass is 628 g/mol. The number of alkyl halides is 2. The fraction of sp³-hybridized carbons (Fsp3) is 0.129. The first-order valence-electron chi connectivity index (χ1n) is 12.6. The minimum atomic E-state index is -4.82. The first-order valence-corrected chi connectivity index (χ1v) is 12.6. The molecule has 0 atom stereocenters. The van der Waals surface area contributed by atoms with E-state index < -0.39 is 76.2 Å². The van der Waals surface area contributed by atoms with Crippen LogP contribution in [0.25, 0.3) is 22.3 Å². The number of esters is 1. The summed E-state index contributed by atoms with van der Waals surface area (Å²) < 4.78 is 147. The van der Waals surface area contributed by atoms with Gasteiger partial charge in [0.1, 0.15) is 34.6 Å². The number of halogens is 10. The normalized spacial score (nSPS) is 11.3. The first kappa shape index (κ1) is 32.1. The molecule has 0 aliphatic carbocycles. The molecule has 0 unspecified atom stereocenters. The molecule has 230 valence electrons. The topological polar surface area (TPSA) is 35.5 Å². The van der Waals surface area contributed by atoms with Crippen molar-refractivity contribution >= 4 is 5.97 Å². The van der Waals surface area contributed by atoms with Crippen molar-refractivity contribution in [1.29, 1.82) is 0 Å². The lowest BCUT2D eigenvalue weighted by molar-refractivity contribution is -0.137. The van der Waals surface area contributed by atoms with Crippen molar-refractivity contribution in [3.63, 3.8) is 0 Å². The highest BCUT2D eigenvalue weighted by Crippen LogP contribution is 2.34. The molecule has 0 fully saturated rings. The summed E-state index contributed by atoms with van der Waals surface area (Å²) in [5.74, 6) is -13.2. The van der Waals surface area contributed by atoms with Gasteiger partial charge in [0.05, 0.1) is 6.08 Å². The third-order valence-corrected chi connectivity index (χ3v) is 6.11. The third-order valence-electron chi connectivity index (χ3n) is 6.11. The lowest BCUT2D eigenvalue weighted by Crippen LogP contribution is -2.23. The Hall–Kier alpha value is -4.81. The summed E-state index contributed by atoms with van der Waals surface area (Å²) in [7, 11) is 0. The highest BCUT2D eigenvalue weighted by atomic mass is 19.3. The number of hydrogen-bond acceptors (Lipinski definition) is 3. The highest BCUT2D eigenvalue weighted by Gasteiger charge is 2.34. The fourth-order valence-corrected chi connectivity index (χ4v) is 4.22. The Morgan fingerprint density at radius 2 is 1.27 bits per heavy atom. The van der Waals surface area contributed by atoms with Crippen LogP contribution in [0.1, 0.15) is 29.3 Å². The smallest absolute Gasteiger partial charge is 0.423 e. The largest absolute Gasteiger partial charge is 0.425 e. The summed E-state index contributed by atoms with van der Waals surface area (Å²) in [6, 6.07) is 9.34. The van der Waals surface area contributed by atoms with E-state index >= 15 is 4.39 Å². The molecular weight excluding hydrogens is 610 g/mol. The zero-order chi connectivity index (χ0) is 32.3. The van der Waals surface area contributed by atoms with E-state index in [1.165, 1.54) is 18.2 Å². The van der Waals surface area contributed by atoms with Crippen molar-refractivity contribution in [1.82, 2.24) is 0 Å². The molecule has 4 aromatic carbocycles. The maximum Gasteiger partial charge on any atom is 0.425 e. The molecule has 0 aromatic heterocycles. The zero-order valence-electron chi connectivity index (χ0n) is 22.3. The van der Waals surface area contributed by atoms with Crippen LogP contribution >= 0.6 is 0 Å². The van der Waals surface area contributed by atoms with Crippen LogP contribution in [0, 0.1) is 34.9 Å². The molecule has 0 spiro atoms. The van der Waals surface area contributed by atoms with Crippen LogP contribution in [-0.4, -0.2) is 12.1 Å². The molecule has 0 aliphatic rings. The van der Waals surface area contributed by atoms with Crippen molar-refractivity contribution in [2.45, 2.75) is 25.9 Å². The molecule has 0 saturated carbocycles. The van der Waals surface area contributed by atoms with Crippen molar-refractivity contribution in [2.75, 3.05) is 0 Å². The second-order valence-electron chi connectivity index (χ2n) is 9.28. The molecule has 4 aromatic rings. The average molecular weight is 628 g/mol. The van der Waals surface area contributed by atoms with Crippen LogP contribution in [0.5, 0.6) is 11.5 Å². The van der Waals surface area contributed by atoms with Crippen molar-refractivity contribution in [3.8, 4) is 33.8 Å². The third kappa shape index (κ3) is 7.21. The van der Waals surface area contributed by atoms with Crippen LogP contribution < -0.4 is 9.47 Å². The predicted molar refractivity (Wildman–Crippen MR) is 138 cm³/mol. The summed E-state index contributed by atoms with van der Waals surface area (Å²) in [4.78, 5) is 12.4. The second kappa shape index (κ2) is 12.8. The van der Waals surface area contributed by atoms with Gasteiger partial charge < -0.3 is 9.47 Å². The molecule has 0 heterocycles. The summed E-state index contributed by atoms with van der Waals surface area (Å²) in [6.45, 7) is 1.93. The molecular formula is C31H18F10O3. The number of ether oxygens (including phenoxy) is 2. The maximum atomic E-state index is 15.0. The molecule has 0 amide bonds. The number of aryl methyl sites for hydroxylation is 1. The van der Waals surface area contributed by atoms with E-state index in [2.05, 4.69) is 9.47 Å². The molecule has 0 saturated heterocycles. The Labute approximate surface area is 243 Å². The Bertz CT molecular complexity index is 1720. The van der Waals surface area contributed by atoms with Crippen LogP contribution in [0.4, 0.5) is 43.9 Å². The Morgan fingerprint density at radius 3 is 1.82 bits per heavy atom. The van der Waals surface area contributed by atoms with E-state index in [4.69, 9.17) is 0 Å². The standard InChI is InChI=1S/C31H18F10O3/c1-2-3-15-4-6-19(21(32)8-15)16-5-7-20(22(33)9-16)17-10-23(34)28(24(35)11-17)30(42)43-18-12-25(36)29(26(37)13-18)44-31(40,41)14-27(38)39/h4-14H,2-3H2,1H3. The summed E-state index contributed by atoms with van der Waals surface area (Å²) in [5, 5.41) is 0. The van der Waals surface area contributed by atoms with Gasteiger partial charge in [-0.25, -0.2) is 31.1 Å². The number of rotatable bonds is 9. The van der Waals surface area contributed by atoms with E-state index in [0.29, 0.717) is 18.6 Å². The van der Waals surface area contributed by atoms with Gasteiger partial charge in [-0.05, 0) is 47.4 Å². The van der Waals surface area contributed by atoms with E-state index in [-0.39, 0.29) is 34.4 Å². The predicted octanol–water partition coefficient (Wildman–Crippen LogP) is 9.78. The van der Waals surface area contributed by atoms with Gasteiger partial charge in [0.2, 0.25) is 0 Å². The van der Waals surface area contributed by atoms with Gasteiger partial charge in [-0.1, -0.05) is 37.6 Å². The number of carbonyl (C=O) groups is 1. The lowest BCUT2D eigenvalue weighted by atomic mass is 9.97. The van der Waals surface area contributed by atoms with E-state index in [0.717, 1.165) is 24.1 Å². The molecule has 3 nitrogen and oxygen atoms in total. The lowest BCUT2D eigenvalue weighted by Gasteiger charge is -2.15. The van der Waals surface area contributed by atoms with Crippen LogP contribution in [0.3, 0.4) is 0 Å². The summed E-state index contributed by atoms with van der Waals surface area (Å²) in [5.41, 5.74) is -1.03. The number of hydrogen-bond donors (Lipinski definition) is 0. The van der Waals surface area contributed by atoms with Crippen molar-refractivity contribution in [3.05, 3.63) is 119 Å². The van der Waals surface area contributed by atoms with Gasteiger partial charge in [-0.2, -0.15) is 17.6 Å². The minimum Gasteiger partial charge on any atom is -0.423 e. The van der Waals surface area contributed by atoms with E-state index in [1.54, 1.807) is 6.07 Å². The van der Waals surface area contributed by atoms with E-state index in [9.17, 15) is 44.3 Å². The quantitative estimate of drug-likeness (QED) is 0.105. The Morgan fingerprint density at radius 1 is 0.727 bits per heavy atom. The van der Waals surface area contributed by atoms with Crippen molar-refractivity contribution < 1.29 is 58.2 Å². The molecule has 0 radical (unpaired) electrons. The minimum absolute atomic E-state index is 0.0948. The van der Waals surface area contributed by atoms with Gasteiger partial charge in [0.15, 0.2) is 17.4 Å². The molecule has 0 bridgehead atoms. The molecule has 4 rings (SSSR count). The maximum absolute atomic E-state index is 15.0. The summed E-state index contributed by atoms with van der Waals surface area (Å²) >= 11 is 0. The first-order chi connectivity index (χ1) is 20.7. The summed E-state index contributed by atoms with van der Waals surface area (Å²) in [6.07, 6.45) is -7.30. The fourth-order valence-electron chi connectivity index (χ4n) is 4.22. The van der Waals surface area contributed by atoms with E-state index in [1.807, 2.05) is 6.92 Å². The van der Waals surface area contributed by atoms with Gasteiger partial charge in [0.25, 0.3) is 6.08 Å². The zero-order valence-corrected chi connectivity index (χ0v) is 22.3. The molecule has 44 heavy (non-hydrogen) atoms. The molecule has 0 aliphatic heterocycles.